The van der Waals surface area contributed by atoms with Gasteiger partial charge in [-0.25, -0.2) is 4.39 Å². The van der Waals surface area contributed by atoms with Crippen molar-refractivity contribution in [3.05, 3.63) is 102 Å². The van der Waals surface area contributed by atoms with Gasteiger partial charge in [0.15, 0.2) is 6.61 Å². The fourth-order valence-electron chi connectivity index (χ4n) is 3.38. The number of benzene rings is 3. The van der Waals surface area contributed by atoms with Gasteiger partial charge in [-0.2, -0.15) is 0 Å². The minimum Gasteiger partial charge on any atom is -0.484 e. The van der Waals surface area contributed by atoms with Crippen LogP contribution >= 0.6 is 0 Å². The topological polar surface area (TPSA) is 58.6 Å². The van der Waals surface area contributed by atoms with Gasteiger partial charge < -0.3 is 15.0 Å². The summed E-state index contributed by atoms with van der Waals surface area (Å²) in [6, 6.07) is 23.8. The molecule has 166 valence electrons. The Morgan fingerprint density at radius 2 is 1.53 bits per heavy atom. The number of hydrogen-bond donors (Lipinski definition) is 1. The van der Waals surface area contributed by atoms with Crippen molar-refractivity contribution in [1.82, 2.24) is 10.2 Å². The van der Waals surface area contributed by atoms with Crippen LogP contribution in [0.5, 0.6) is 5.75 Å². The van der Waals surface area contributed by atoms with Crippen molar-refractivity contribution in [3.8, 4) is 5.75 Å². The van der Waals surface area contributed by atoms with E-state index in [0.29, 0.717) is 18.7 Å². The molecule has 0 aromatic heterocycles. The van der Waals surface area contributed by atoms with E-state index < -0.39 is 6.04 Å². The Balaban J connectivity index is 1.87. The average molecular weight is 435 g/mol. The lowest BCUT2D eigenvalue weighted by Gasteiger charge is -2.31. The lowest BCUT2D eigenvalue weighted by Crippen LogP contribution is -2.51. The second-order valence-corrected chi connectivity index (χ2v) is 7.35. The van der Waals surface area contributed by atoms with Gasteiger partial charge >= 0.3 is 0 Å². The third-order valence-corrected chi connectivity index (χ3v) is 4.99. The number of rotatable bonds is 10. The fraction of sp³-hybridized carbons (Fsp3) is 0.231. The van der Waals surface area contributed by atoms with Crippen molar-refractivity contribution in [2.75, 3.05) is 13.2 Å². The Labute approximate surface area is 187 Å². The molecule has 0 unspecified atom stereocenters. The fourth-order valence-corrected chi connectivity index (χ4v) is 3.38. The van der Waals surface area contributed by atoms with Crippen molar-refractivity contribution in [3.63, 3.8) is 0 Å². The molecule has 5 nitrogen and oxygen atoms in total. The number of nitrogens with zero attached hydrogens (tertiary/aromatic N) is 1. The van der Waals surface area contributed by atoms with Gasteiger partial charge in [0.05, 0.1) is 0 Å². The third kappa shape index (κ3) is 6.67. The number of halogens is 1. The standard InChI is InChI=1S/C26H27FN2O3/c1-2-28-26(31)24(17-20-9-5-3-6-10-20)29(18-21-13-15-22(27)16-14-21)25(30)19-32-23-11-7-4-8-12-23/h3-16,24H,2,17-19H2,1H3,(H,28,31)/t24-/m1/s1. The number of para-hydroxylation sites is 1. The smallest absolute Gasteiger partial charge is 0.261 e. The molecule has 0 radical (unpaired) electrons. The van der Waals surface area contributed by atoms with Crippen molar-refractivity contribution >= 4 is 11.8 Å². The molecule has 3 aromatic rings. The molecule has 0 fully saturated rings. The Hall–Kier alpha value is -3.67. The number of carbonyl (C=O) groups is 2. The molecular formula is C26H27FN2O3. The molecule has 1 N–H and O–H groups in total. The number of carbonyl (C=O) groups excluding carboxylic acids is 2. The highest BCUT2D eigenvalue weighted by molar-refractivity contribution is 5.88. The Morgan fingerprint density at radius 1 is 0.906 bits per heavy atom. The van der Waals surface area contributed by atoms with Crippen molar-refractivity contribution < 1.29 is 18.7 Å². The van der Waals surface area contributed by atoms with E-state index in [1.807, 2.05) is 55.5 Å². The highest BCUT2D eigenvalue weighted by Crippen LogP contribution is 2.16. The summed E-state index contributed by atoms with van der Waals surface area (Å²) in [5.41, 5.74) is 1.66. The first kappa shape index (κ1) is 23.0. The SMILES string of the molecule is CCNC(=O)[C@@H](Cc1ccccc1)N(Cc1ccc(F)cc1)C(=O)COc1ccccc1. The Morgan fingerprint density at radius 3 is 2.16 bits per heavy atom. The van der Waals surface area contributed by atoms with Crippen LogP contribution in [0.2, 0.25) is 0 Å². The predicted octanol–water partition coefficient (Wildman–Crippen LogP) is 3.98. The van der Waals surface area contributed by atoms with Crippen LogP contribution in [0.1, 0.15) is 18.1 Å². The molecule has 6 heteroatoms. The zero-order chi connectivity index (χ0) is 22.8. The molecule has 2 amide bonds. The molecule has 3 rings (SSSR count). The molecule has 0 bridgehead atoms. The monoisotopic (exact) mass is 434 g/mol. The first-order valence-corrected chi connectivity index (χ1v) is 10.6. The van der Waals surface area contributed by atoms with E-state index in [4.69, 9.17) is 4.74 Å². The van der Waals surface area contributed by atoms with Gasteiger partial charge in [-0.1, -0.05) is 60.7 Å². The summed E-state index contributed by atoms with van der Waals surface area (Å²) >= 11 is 0. The Bertz CT molecular complexity index is 995. The van der Waals surface area contributed by atoms with Crippen LogP contribution in [-0.4, -0.2) is 35.9 Å². The summed E-state index contributed by atoms with van der Waals surface area (Å²) < 4.78 is 19.1. The zero-order valence-electron chi connectivity index (χ0n) is 18.0. The molecule has 0 spiro atoms. The van der Waals surface area contributed by atoms with Gasteiger partial charge in [-0.3, -0.25) is 9.59 Å². The van der Waals surface area contributed by atoms with E-state index in [2.05, 4.69) is 5.32 Å². The summed E-state index contributed by atoms with van der Waals surface area (Å²) in [6.45, 7) is 2.23. The van der Waals surface area contributed by atoms with Crippen molar-refractivity contribution in [2.24, 2.45) is 0 Å². The molecule has 32 heavy (non-hydrogen) atoms. The molecule has 0 saturated carbocycles. The van der Waals surface area contributed by atoms with E-state index in [-0.39, 0.29) is 30.8 Å². The summed E-state index contributed by atoms with van der Waals surface area (Å²) in [4.78, 5) is 27.8. The first-order chi connectivity index (χ1) is 15.6. The van der Waals surface area contributed by atoms with Crippen LogP contribution in [-0.2, 0) is 22.6 Å². The van der Waals surface area contributed by atoms with Gasteiger partial charge in [0.2, 0.25) is 5.91 Å². The number of likely N-dealkylation sites (N-methyl/N-ethyl adjacent to an activating group) is 1. The lowest BCUT2D eigenvalue weighted by molar-refractivity contribution is -0.142. The minimum atomic E-state index is -0.741. The van der Waals surface area contributed by atoms with Gasteiger partial charge in [0.1, 0.15) is 17.6 Å². The largest absolute Gasteiger partial charge is 0.484 e. The van der Waals surface area contributed by atoms with Gasteiger partial charge in [-0.05, 0) is 42.3 Å². The Kier molecular flexibility index (Phi) is 8.37. The van der Waals surface area contributed by atoms with Crippen LogP contribution in [0.15, 0.2) is 84.9 Å². The molecule has 0 aliphatic carbocycles. The maximum absolute atomic E-state index is 13.4. The molecular weight excluding hydrogens is 407 g/mol. The maximum atomic E-state index is 13.4. The lowest BCUT2D eigenvalue weighted by atomic mass is 10.0. The van der Waals surface area contributed by atoms with E-state index >= 15 is 0 Å². The van der Waals surface area contributed by atoms with Gasteiger partial charge in [0, 0.05) is 19.5 Å². The van der Waals surface area contributed by atoms with Gasteiger partial charge in [-0.15, -0.1) is 0 Å². The van der Waals surface area contributed by atoms with Crippen LogP contribution < -0.4 is 10.1 Å². The normalized spacial score (nSPS) is 11.4. The number of nitrogens with one attached hydrogen (secondary N) is 1. The van der Waals surface area contributed by atoms with E-state index in [0.717, 1.165) is 11.1 Å². The first-order valence-electron chi connectivity index (χ1n) is 10.6. The highest BCUT2D eigenvalue weighted by Gasteiger charge is 2.30. The summed E-state index contributed by atoms with van der Waals surface area (Å²) in [5, 5.41) is 2.84. The van der Waals surface area contributed by atoms with E-state index in [1.165, 1.54) is 17.0 Å². The zero-order valence-corrected chi connectivity index (χ0v) is 18.0. The molecule has 0 aliphatic heterocycles. The molecule has 0 saturated heterocycles. The van der Waals surface area contributed by atoms with Gasteiger partial charge in [0.25, 0.3) is 5.91 Å². The summed E-state index contributed by atoms with van der Waals surface area (Å²) in [6.07, 6.45) is 0.352. The van der Waals surface area contributed by atoms with E-state index in [9.17, 15) is 14.0 Å². The number of hydrogen-bond acceptors (Lipinski definition) is 3. The maximum Gasteiger partial charge on any atom is 0.261 e. The molecule has 0 heterocycles. The van der Waals surface area contributed by atoms with Crippen LogP contribution in [0, 0.1) is 5.82 Å². The molecule has 0 aliphatic rings. The van der Waals surface area contributed by atoms with Crippen LogP contribution in [0.25, 0.3) is 0 Å². The highest BCUT2D eigenvalue weighted by atomic mass is 19.1. The third-order valence-electron chi connectivity index (χ3n) is 4.99. The number of amides is 2. The quantitative estimate of drug-likeness (QED) is 0.525. The minimum absolute atomic E-state index is 0.159. The van der Waals surface area contributed by atoms with Crippen LogP contribution in [0.4, 0.5) is 4.39 Å². The summed E-state index contributed by atoms with van der Waals surface area (Å²) in [7, 11) is 0. The second-order valence-electron chi connectivity index (χ2n) is 7.35. The summed E-state index contributed by atoms with van der Waals surface area (Å²) in [5.74, 6) is -0.360. The van der Waals surface area contributed by atoms with Crippen LogP contribution in [0.3, 0.4) is 0 Å². The average Bonchev–Trinajstić information content (AvgIpc) is 2.82. The molecule has 1 atom stereocenters. The second kappa shape index (κ2) is 11.6. The molecule has 3 aromatic carbocycles. The predicted molar refractivity (Wildman–Crippen MR) is 122 cm³/mol. The van der Waals surface area contributed by atoms with Crippen molar-refractivity contribution in [1.29, 1.82) is 0 Å². The van der Waals surface area contributed by atoms with Crippen molar-refractivity contribution in [2.45, 2.75) is 25.9 Å². The van der Waals surface area contributed by atoms with E-state index in [1.54, 1.807) is 24.3 Å². The number of ether oxygens (including phenoxy) is 1.